The topological polar surface area (TPSA) is 40.9 Å². The van der Waals surface area contributed by atoms with Crippen molar-refractivity contribution in [2.75, 3.05) is 9.80 Å². The highest BCUT2D eigenvalue weighted by Crippen LogP contribution is 2.47. The van der Waals surface area contributed by atoms with E-state index in [1.165, 1.54) is 44.5 Å². The first kappa shape index (κ1) is 52.8. The summed E-state index contributed by atoms with van der Waals surface area (Å²) < 4.78 is 1.85. The molecule has 0 fully saturated rings. The Morgan fingerprint density at radius 3 is 1.07 bits per heavy atom. The lowest BCUT2D eigenvalue weighted by molar-refractivity contribution is 0.640. The first-order chi connectivity index (χ1) is 40.1. The minimum absolute atomic E-state index is 0.107. The zero-order valence-corrected chi connectivity index (χ0v) is 48.6. The molecule has 0 atom stereocenters. The number of rotatable bonds is 14. The number of benzene rings is 11. The summed E-state index contributed by atoms with van der Waals surface area (Å²) in [5.74, 6) is 0. The summed E-state index contributed by atoms with van der Waals surface area (Å²) in [6, 6.07) is 95.7. The Morgan fingerprint density at radius 1 is 0.313 bits per heavy atom. The molecule has 0 bridgehead atoms. The number of hydrogen-bond acceptors (Lipinski definition) is 4. The van der Waals surface area contributed by atoms with E-state index >= 15 is 4.79 Å². The van der Waals surface area contributed by atoms with Crippen molar-refractivity contribution in [3.63, 3.8) is 0 Å². The molecule has 2 heterocycles. The summed E-state index contributed by atoms with van der Waals surface area (Å²) in [4.78, 5) is 25.8. The molecule has 0 aliphatic carbocycles. The molecule has 13 rings (SSSR count). The zero-order valence-electron chi connectivity index (χ0n) is 48.6. The van der Waals surface area contributed by atoms with Crippen LogP contribution >= 0.6 is 0 Å². The van der Waals surface area contributed by atoms with Crippen molar-refractivity contribution in [2.24, 2.45) is 0 Å². The third-order valence-corrected chi connectivity index (χ3v) is 18.1. The van der Waals surface area contributed by atoms with Gasteiger partial charge in [-0.05, 0) is 129 Å². The van der Waals surface area contributed by atoms with Crippen LogP contribution in [0.3, 0.4) is 0 Å². The van der Waals surface area contributed by atoms with Gasteiger partial charge in [0.2, 0.25) is 0 Å². The highest BCUT2D eigenvalue weighted by atomic mass is 16.1. The van der Waals surface area contributed by atoms with Crippen LogP contribution in [0.2, 0.25) is 0 Å². The van der Waals surface area contributed by atoms with Gasteiger partial charge in [0.15, 0.2) is 0 Å². The van der Waals surface area contributed by atoms with Gasteiger partial charge in [-0.3, -0.25) is 9.20 Å². The fourth-order valence-corrected chi connectivity index (χ4v) is 12.8. The maximum atomic E-state index is 15.7. The highest BCUT2D eigenvalue weighted by molar-refractivity contribution is 6.20. The van der Waals surface area contributed by atoms with Gasteiger partial charge in [0.25, 0.3) is 5.56 Å². The molecule has 13 aromatic rings. The summed E-state index contributed by atoms with van der Waals surface area (Å²) in [5, 5.41) is 3.41. The standard InChI is InChI=1S/C78H68N4O/c1-75(2,53-26-13-9-14-27-53)57-34-21-38-61(48-57)80(62-39-22-35-58(49-62)76(3,4)54-28-15-10-16-29-54)65-44-46-69-71(52-65)82-73(79-69)67-45-47-70(66-42-25-43-68(72(66)67)74(82)83)81(63-40-23-36-59(50-63)77(5,6)55-30-17-11-18-31-55)64-41-24-37-60(51-64)78(7,8)56-32-19-12-20-33-56/h9-52H,1-8H3. The molecule has 0 aliphatic rings. The minimum atomic E-state index is -0.283. The van der Waals surface area contributed by atoms with Crippen molar-refractivity contribution >= 4 is 72.3 Å². The van der Waals surface area contributed by atoms with Crippen LogP contribution in [0, 0.1) is 0 Å². The summed E-state index contributed by atoms with van der Waals surface area (Å²) >= 11 is 0. The van der Waals surface area contributed by atoms with Crippen LogP contribution in [0.4, 0.5) is 34.1 Å². The van der Waals surface area contributed by atoms with Crippen molar-refractivity contribution in [1.82, 2.24) is 9.38 Å². The molecule has 0 radical (unpaired) electrons. The van der Waals surface area contributed by atoms with E-state index in [0.717, 1.165) is 61.3 Å². The number of nitrogens with zero attached hydrogens (tertiary/aromatic N) is 4. The van der Waals surface area contributed by atoms with Crippen LogP contribution in [0.5, 0.6) is 0 Å². The Kier molecular flexibility index (Phi) is 13.0. The van der Waals surface area contributed by atoms with Crippen molar-refractivity contribution in [2.45, 2.75) is 77.0 Å². The minimum Gasteiger partial charge on any atom is -0.310 e. The van der Waals surface area contributed by atoms with Gasteiger partial charge < -0.3 is 9.80 Å². The van der Waals surface area contributed by atoms with Gasteiger partial charge in [-0.2, -0.15) is 0 Å². The number of fused-ring (bicyclic) bond motifs is 4. The van der Waals surface area contributed by atoms with E-state index in [1.54, 1.807) is 0 Å². The van der Waals surface area contributed by atoms with Crippen LogP contribution < -0.4 is 15.4 Å². The van der Waals surface area contributed by atoms with Gasteiger partial charge in [-0.1, -0.05) is 237 Å². The first-order valence-corrected chi connectivity index (χ1v) is 29.0. The lowest BCUT2D eigenvalue weighted by atomic mass is 9.77. The summed E-state index contributed by atoms with van der Waals surface area (Å²) in [5.41, 5.74) is 16.6. The molecule has 2 aromatic heterocycles. The number of hydrogen-bond donors (Lipinski definition) is 0. The molecule has 5 heteroatoms. The number of pyridine rings is 1. The van der Waals surface area contributed by atoms with E-state index in [2.05, 4.69) is 320 Å². The van der Waals surface area contributed by atoms with Crippen LogP contribution in [0.15, 0.2) is 272 Å². The lowest BCUT2D eigenvalue weighted by Crippen LogP contribution is -2.21. The van der Waals surface area contributed by atoms with Gasteiger partial charge in [0, 0.05) is 71.6 Å². The van der Waals surface area contributed by atoms with Crippen LogP contribution in [0.25, 0.3) is 38.2 Å². The van der Waals surface area contributed by atoms with Crippen molar-refractivity contribution in [3.05, 3.63) is 322 Å². The normalized spacial score (nSPS) is 12.4. The molecule has 11 aromatic carbocycles. The molecule has 5 nitrogen and oxygen atoms in total. The fourth-order valence-electron chi connectivity index (χ4n) is 12.8. The Hall–Kier alpha value is -9.58. The molecule has 406 valence electrons. The highest BCUT2D eigenvalue weighted by Gasteiger charge is 2.31. The number of anilines is 6. The molecule has 0 saturated heterocycles. The Balaban J connectivity index is 0.992. The van der Waals surface area contributed by atoms with Gasteiger partial charge in [-0.15, -0.1) is 0 Å². The Morgan fingerprint density at radius 2 is 0.663 bits per heavy atom. The molecule has 0 spiro atoms. The quantitative estimate of drug-likeness (QED) is 0.109. The zero-order chi connectivity index (χ0) is 57.3. The van der Waals surface area contributed by atoms with E-state index in [4.69, 9.17) is 4.98 Å². The average molecular weight is 1080 g/mol. The van der Waals surface area contributed by atoms with E-state index in [9.17, 15) is 0 Å². The van der Waals surface area contributed by atoms with Gasteiger partial charge >= 0.3 is 0 Å². The fraction of sp³-hybridized carbons (Fsp3) is 0.154. The van der Waals surface area contributed by atoms with E-state index in [-0.39, 0.29) is 27.2 Å². The first-order valence-electron chi connectivity index (χ1n) is 29.0. The van der Waals surface area contributed by atoms with Crippen LogP contribution in [-0.2, 0) is 21.7 Å². The molecule has 0 N–H and O–H groups in total. The van der Waals surface area contributed by atoms with Gasteiger partial charge in [0.05, 0.1) is 16.7 Å². The second kappa shape index (κ2) is 20.4. The van der Waals surface area contributed by atoms with E-state index < -0.39 is 0 Å². The molecule has 0 amide bonds. The second-order valence-electron chi connectivity index (χ2n) is 24.4. The summed E-state index contributed by atoms with van der Waals surface area (Å²) in [7, 11) is 0. The number of imidazole rings is 1. The van der Waals surface area contributed by atoms with E-state index in [1.807, 2.05) is 16.5 Å². The lowest BCUT2D eigenvalue weighted by Gasteiger charge is -2.32. The molecule has 0 unspecified atom stereocenters. The monoisotopic (exact) mass is 1080 g/mol. The molecular formula is C78H68N4O. The Labute approximate surface area is 487 Å². The predicted octanol–water partition coefficient (Wildman–Crippen LogP) is 19.8. The maximum Gasteiger partial charge on any atom is 0.264 e. The van der Waals surface area contributed by atoms with Crippen molar-refractivity contribution in [3.8, 4) is 0 Å². The maximum absolute atomic E-state index is 15.7. The van der Waals surface area contributed by atoms with Gasteiger partial charge in [-0.25, -0.2) is 4.98 Å². The average Bonchev–Trinajstić information content (AvgIpc) is 2.16. The number of aromatic nitrogens is 2. The molecular weight excluding hydrogens is 1010 g/mol. The van der Waals surface area contributed by atoms with Gasteiger partial charge in [0.1, 0.15) is 5.65 Å². The second-order valence-corrected chi connectivity index (χ2v) is 24.4. The predicted molar refractivity (Wildman–Crippen MR) is 349 cm³/mol. The van der Waals surface area contributed by atoms with E-state index in [0.29, 0.717) is 11.0 Å². The largest absolute Gasteiger partial charge is 0.310 e. The molecule has 0 saturated carbocycles. The van der Waals surface area contributed by atoms with Crippen LogP contribution in [-0.4, -0.2) is 9.38 Å². The molecule has 83 heavy (non-hydrogen) atoms. The Bertz CT molecular complexity index is 4390. The van der Waals surface area contributed by atoms with Crippen LogP contribution in [0.1, 0.15) is 99.9 Å². The smallest absolute Gasteiger partial charge is 0.264 e. The third-order valence-electron chi connectivity index (χ3n) is 18.1. The van der Waals surface area contributed by atoms with Crippen molar-refractivity contribution < 1.29 is 0 Å². The SMILES string of the molecule is CC(C)(c1ccccc1)c1cccc(N(c2cccc(C(C)(C)c3ccccc3)c2)c2ccc3nc4c5ccc(N(c6cccc(C(C)(C)c7ccccc7)c6)c6cccc(C(C)(C)c7ccccc7)c6)c6cccc(c(=O)n4c3c2)c65)c1. The van der Waals surface area contributed by atoms with Crippen molar-refractivity contribution in [1.29, 1.82) is 0 Å². The third kappa shape index (κ3) is 9.12. The summed E-state index contributed by atoms with van der Waals surface area (Å²) in [6.07, 6.45) is 0. The molecule has 0 aliphatic heterocycles. The summed E-state index contributed by atoms with van der Waals surface area (Å²) in [6.45, 7) is 18.4.